The molecule has 2 aromatic carbocycles. The highest BCUT2D eigenvalue weighted by atomic mass is 16.2. The number of amides is 1. The molecule has 4 rings (SSSR count). The van der Waals surface area contributed by atoms with Crippen LogP contribution in [0.5, 0.6) is 0 Å². The average Bonchev–Trinajstić information content (AvgIpc) is 2.85. The molecule has 1 aliphatic carbocycles. The van der Waals surface area contributed by atoms with Crippen LogP contribution in [0.3, 0.4) is 0 Å². The topological polar surface area (TPSA) is 23.6 Å². The van der Waals surface area contributed by atoms with Crippen LogP contribution in [0, 0.1) is 12.8 Å². The van der Waals surface area contributed by atoms with Crippen molar-refractivity contribution in [3.8, 4) is 0 Å². The van der Waals surface area contributed by atoms with Crippen LogP contribution < -0.4 is 4.90 Å². The first-order valence-electron chi connectivity index (χ1n) is 12.8. The number of hydrogen-bond donors (Lipinski definition) is 0. The van der Waals surface area contributed by atoms with E-state index in [4.69, 9.17) is 0 Å². The Balaban J connectivity index is 1.49. The summed E-state index contributed by atoms with van der Waals surface area (Å²) in [6, 6.07) is 17.7. The Labute approximate surface area is 194 Å². The summed E-state index contributed by atoms with van der Waals surface area (Å²) in [5.74, 6) is 0.612. The minimum atomic E-state index is 0.212. The van der Waals surface area contributed by atoms with Gasteiger partial charge in [0, 0.05) is 31.6 Å². The summed E-state index contributed by atoms with van der Waals surface area (Å²) in [6.07, 6.45) is 10.1. The maximum Gasteiger partial charge on any atom is 0.230 e. The molecule has 0 spiro atoms. The van der Waals surface area contributed by atoms with E-state index >= 15 is 0 Å². The Morgan fingerprint density at radius 1 is 0.938 bits per heavy atom. The number of aryl methyl sites for hydroxylation is 2. The van der Waals surface area contributed by atoms with Crippen LogP contribution in [-0.2, 0) is 17.6 Å². The van der Waals surface area contributed by atoms with Crippen molar-refractivity contribution in [2.24, 2.45) is 5.92 Å². The summed E-state index contributed by atoms with van der Waals surface area (Å²) >= 11 is 0. The summed E-state index contributed by atoms with van der Waals surface area (Å²) in [5.41, 5.74) is 5.20. The van der Waals surface area contributed by atoms with Crippen LogP contribution in [0.15, 0.2) is 48.5 Å². The fourth-order valence-corrected chi connectivity index (χ4v) is 5.70. The number of carbonyl (C=O) groups is 1. The smallest absolute Gasteiger partial charge is 0.230 e. The minimum Gasteiger partial charge on any atom is -0.308 e. The summed E-state index contributed by atoms with van der Waals surface area (Å²) < 4.78 is 0. The number of carbonyl (C=O) groups excluding carboxylic acids is 1. The number of para-hydroxylation sites is 1. The van der Waals surface area contributed by atoms with Crippen molar-refractivity contribution in [1.82, 2.24) is 4.90 Å². The molecule has 1 heterocycles. The van der Waals surface area contributed by atoms with E-state index in [9.17, 15) is 4.79 Å². The number of rotatable bonds is 7. The summed E-state index contributed by atoms with van der Waals surface area (Å²) in [4.78, 5) is 18.8. The van der Waals surface area contributed by atoms with Crippen LogP contribution >= 0.6 is 0 Å². The summed E-state index contributed by atoms with van der Waals surface area (Å²) in [7, 11) is 0. The second-order valence-electron chi connectivity index (χ2n) is 9.79. The number of likely N-dealkylation sites (tertiary alicyclic amines) is 1. The van der Waals surface area contributed by atoms with Gasteiger partial charge in [0.05, 0.1) is 5.69 Å². The van der Waals surface area contributed by atoms with Crippen LogP contribution in [0.25, 0.3) is 0 Å². The molecule has 0 radical (unpaired) electrons. The third-order valence-electron chi connectivity index (χ3n) is 7.62. The molecule has 2 aromatic rings. The Bertz CT molecular complexity index is 864. The third-order valence-corrected chi connectivity index (χ3v) is 7.62. The molecular weight excluding hydrogens is 392 g/mol. The fraction of sp³-hybridized carbons (Fsp3) is 0.552. The number of hydrogen-bond acceptors (Lipinski definition) is 2. The van der Waals surface area contributed by atoms with Crippen molar-refractivity contribution >= 4 is 11.6 Å². The van der Waals surface area contributed by atoms with E-state index in [1.54, 1.807) is 0 Å². The van der Waals surface area contributed by atoms with Crippen LogP contribution in [0.1, 0.15) is 68.6 Å². The fourth-order valence-electron chi connectivity index (χ4n) is 5.70. The molecule has 32 heavy (non-hydrogen) atoms. The van der Waals surface area contributed by atoms with Crippen molar-refractivity contribution < 1.29 is 4.79 Å². The van der Waals surface area contributed by atoms with Gasteiger partial charge >= 0.3 is 0 Å². The molecule has 0 aromatic heterocycles. The van der Waals surface area contributed by atoms with Gasteiger partial charge in [-0.3, -0.25) is 4.79 Å². The predicted octanol–water partition coefficient (Wildman–Crippen LogP) is 6.18. The van der Waals surface area contributed by atoms with E-state index in [1.165, 1.54) is 41.6 Å². The van der Waals surface area contributed by atoms with Crippen LogP contribution in [0.2, 0.25) is 0 Å². The lowest BCUT2D eigenvalue weighted by atomic mass is 9.86. The first-order valence-corrected chi connectivity index (χ1v) is 12.8. The number of nitrogens with zero attached hydrogens (tertiary/aromatic N) is 2. The van der Waals surface area contributed by atoms with Gasteiger partial charge in [-0.15, -0.1) is 0 Å². The average molecular weight is 433 g/mol. The van der Waals surface area contributed by atoms with Crippen LogP contribution in [0.4, 0.5) is 5.69 Å². The third kappa shape index (κ3) is 5.43. The predicted molar refractivity (Wildman–Crippen MR) is 134 cm³/mol. The molecule has 1 aliphatic heterocycles. The Morgan fingerprint density at radius 3 is 2.34 bits per heavy atom. The summed E-state index contributed by atoms with van der Waals surface area (Å²) in [6.45, 7) is 7.68. The summed E-state index contributed by atoms with van der Waals surface area (Å²) in [5, 5.41) is 0. The van der Waals surface area contributed by atoms with Crippen molar-refractivity contribution in [2.75, 3.05) is 24.5 Å². The highest BCUT2D eigenvalue weighted by molar-refractivity contribution is 5.97. The molecule has 2 fully saturated rings. The maximum atomic E-state index is 13.9. The largest absolute Gasteiger partial charge is 0.308 e. The van der Waals surface area contributed by atoms with Gasteiger partial charge in [-0.2, -0.15) is 0 Å². The second-order valence-corrected chi connectivity index (χ2v) is 9.79. The lowest BCUT2D eigenvalue weighted by Gasteiger charge is -2.41. The van der Waals surface area contributed by atoms with E-state index in [1.807, 2.05) is 0 Å². The zero-order chi connectivity index (χ0) is 22.3. The number of anilines is 1. The molecule has 0 N–H and O–H groups in total. The highest BCUT2D eigenvalue weighted by Crippen LogP contribution is 2.35. The van der Waals surface area contributed by atoms with Gasteiger partial charge in [0.25, 0.3) is 0 Å². The van der Waals surface area contributed by atoms with E-state index in [0.29, 0.717) is 11.9 Å². The molecule has 1 saturated heterocycles. The monoisotopic (exact) mass is 432 g/mol. The molecular formula is C29H40N2O. The van der Waals surface area contributed by atoms with Gasteiger partial charge < -0.3 is 9.80 Å². The van der Waals surface area contributed by atoms with Crippen molar-refractivity contribution in [2.45, 2.75) is 77.7 Å². The zero-order valence-electron chi connectivity index (χ0n) is 20.1. The van der Waals surface area contributed by atoms with Gasteiger partial charge in [-0.25, -0.2) is 0 Å². The van der Waals surface area contributed by atoms with E-state index < -0.39 is 0 Å². The lowest BCUT2D eigenvalue weighted by molar-refractivity contribution is -0.124. The molecule has 172 valence electrons. The Hall–Kier alpha value is -2.13. The van der Waals surface area contributed by atoms with E-state index in [0.717, 1.165) is 58.2 Å². The van der Waals surface area contributed by atoms with E-state index in [2.05, 4.69) is 72.2 Å². The second kappa shape index (κ2) is 11.1. The van der Waals surface area contributed by atoms with Gasteiger partial charge in [0.2, 0.25) is 5.91 Å². The van der Waals surface area contributed by atoms with Crippen molar-refractivity contribution in [3.05, 3.63) is 65.2 Å². The van der Waals surface area contributed by atoms with E-state index in [-0.39, 0.29) is 5.92 Å². The Kier molecular flexibility index (Phi) is 8.02. The molecule has 3 nitrogen and oxygen atoms in total. The molecule has 0 unspecified atom stereocenters. The van der Waals surface area contributed by atoms with Crippen molar-refractivity contribution in [3.63, 3.8) is 0 Å². The minimum absolute atomic E-state index is 0.212. The standard InChI is InChI=1S/C29H40N2O/c1-3-25-16-10-11-23(2)28(25)31(29(32)26-14-8-5-9-15-26)27-18-21-30(22-19-27)20-17-24-12-6-4-7-13-24/h4,6-7,10-13,16,26-27H,3,5,8-9,14-15,17-22H2,1-2H3. The van der Waals surface area contributed by atoms with Crippen LogP contribution in [-0.4, -0.2) is 36.5 Å². The molecule has 2 aliphatic rings. The Morgan fingerprint density at radius 2 is 1.66 bits per heavy atom. The van der Waals surface area contributed by atoms with Gasteiger partial charge in [0.15, 0.2) is 0 Å². The SMILES string of the molecule is CCc1cccc(C)c1N(C(=O)C1CCCCC1)C1CCN(CCc2ccccc2)CC1. The zero-order valence-corrected chi connectivity index (χ0v) is 20.1. The molecule has 1 amide bonds. The molecule has 3 heteroatoms. The van der Waals surface area contributed by atoms with Gasteiger partial charge in [-0.1, -0.05) is 74.7 Å². The first kappa shape index (κ1) is 23.0. The highest BCUT2D eigenvalue weighted by Gasteiger charge is 2.35. The molecule has 0 atom stereocenters. The molecule has 1 saturated carbocycles. The number of piperidine rings is 1. The molecule has 0 bridgehead atoms. The maximum absolute atomic E-state index is 13.9. The van der Waals surface area contributed by atoms with Crippen molar-refractivity contribution in [1.29, 1.82) is 0 Å². The lowest BCUT2D eigenvalue weighted by Crippen LogP contribution is -2.50. The normalized spacial score (nSPS) is 18.6. The van der Waals surface area contributed by atoms with Gasteiger partial charge in [0.1, 0.15) is 0 Å². The number of benzene rings is 2. The first-order chi connectivity index (χ1) is 15.7. The quantitative estimate of drug-likeness (QED) is 0.522. The van der Waals surface area contributed by atoms with Gasteiger partial charge in [-0.05, 0) is 62.1 Å².